The number of hydrogen-bond donors (Lipinski definition) is 2. The summed E-state index contributed by atoms with van der Waals surface area (Å²) in [7, 11) is 0. The first-order valence-corrected chi connectivity index (χ1v) is 5.24. The van der Waals surface area contributed by atoms with Crippen molar-refractivity contribution in [1.29, 1.82) is 0 Å². The third-order valence-corrected chi connectivity index (χ3v) is 2.67. The Hall–Kier alpha value is -1.39. The van der Waals surface area contributed by atoms with Crippen molar-refractivity contribution in [2.45, 2.75) is 12.5 Å². The molecule has 3 nitrogen and oxygen atoms in total. The summed E-state index contributed by atoms with van der Waals surface area (Å²) in [6.45, 7) is 0. The molecule has 0 aliphatic rings. The summed E-state index contributed by atoms with van der Waals surface area (Å²) in [6, 6.07) is 4.03. The van der Waals surface area contributed by atoms with Gasteiger partial charge in [-0.1, -0.05) is 17.7 Å². The molecule has 2 rings (SSSR count). The Balaban J connectivity index is 2.24. The molecule has 1 aromatic heterocycles. The van der Waals surface area contributed by atoms with Crippen LogP contribution in [0.25, 0.3) is 0 Å². The predicted molar refractivity (Wildman–Crippen MR) is 60.6 cm³/mol. The molecule has 3 N–H and O–H groups in total. The summed E-state index contributed by atoms with van der Waals surface area (Å²) in [4.78, 5) is 6.96. The Morgan fingerprint density at radius 2 is 2.31 bits per heavy atom. The zero-order valence-corrected chi connectivity index (χ0v) is 9.21. The van der Waals surface area contributed by atoms with Crippen LogP contribution < -0.4 is 5.73 Å². The second kappa shape index (κ2) is 4.63. The number of H-pyrrole nitrogens is 1. The van der Waals surface area contributed by atoms with Gasteiger partial charge in [0.25, 0.3) is 0 Å². The number of nitrogens with two attached hydrogens (primary N) is 1. The third-order valence-electron chi connectivity index (χ3n) is 2.34. The van der Waals surface area contributed by atoms with E-state index in [2.05, 4.69) is 9.97 Å². The van der Waals surface area contributed by atoms with E-state index in [-0.39, 0.29) is 5.82 Å². The molecule has 0 spiro atoms. The Bertz CT molecular complexity index is 450. The van der Waals surface area contributed by atoms with E-state index in [1.54, 1.807) is 24.5 Å². The number of imidazole rings is 1. The molecular weight excluding hydrogens is 229 g/mol. The van der Waals surface area contributed by atoms with Crippen LogP contribution in [0.2, 0.25) is 5.02 Å². The number of hydrogen-bond acceptors (Lipinski definition) is 2. The lowest BCUT2D eigenvalue weighted by molar-refractivity contribution is 0.576. The van der Waals surface area contributed by atoms with Crippen molar-refractivity contribution >= 4 is 11.6 Å². The van der Waals surface area contributed by atoms with E-state index in [4.69, 9.17) is 17.3 Å². The lowest BCUT2D eigenvalue weighted by Gasteiger charge is -2.13. The van der Waals surface area contributed by atoms with Gasteiger partial charge in [-0.2, -0.15) is 0 Å². The molecule has 1 atom stereocenters. The highest BCUT2D eigenvalue weighted by atomic mass is 35.5. The Labute approximate surface area is 97.5 Å². The van der Waals surface area contributed by atoms with E-state index >= 15 is 0 Å². The van der Waals surface area contributed by atoms with Gasteiger partial charge >= 0.3 is 0 Å². The van der Waals surface area contributed by atoms with Gasteiger partial charge in [0, 0.05) is 35.4 Å². The van der Waals surface area contributed by atoms with Crippen LogP contribution in [0.4, 0.5) is 4.39 Å². The summed E-state index contributed by atoms with van der Waals surface area (Å²) in [5.74, 6) is 0.332. The van der Waals surface area contributed by atoms with Gasteiger partial charge in [0.15, 0.2) is 0 Å². The van der Waals surface area contributed by atoms with Gasteiger partial charge in [-0.3, -0.25) is 0 Å². The molecule has 16 heavy (non-hydrogen) atoms. The summed E-state index contributed by atoms with van der Waals surface area (Å²) in [6.07, 6.45) is 3.75. The molecule has 2 aromatic rings. The number of halogens is 2. The lowest BCUT2D eigenvalue weighted by atomic mass is 10.0. The molecule has 5 heteroatoms. The van der Waals surface area contributed by atoms with Crippen molar-refractivity contribution in [1.82, 2.24) is 9.97 Å². The first-order chi connectivity index (χ1) is 7.68. The number of nitrogens with zero attached hydrogens (tertiary/aromatic N) is 1. The van der Waals surface area contributed by atoms with Crippen LogP contribution in [0, 0.1) is 5.82 Å². The van der Waals surface area contributed by atoms with Crippen molar-refractivity contribution in [3.8, 4) is 0 Å². The van der Waals surface area contributed by atoms with E-state index in [1.165, 1.54) is 6.07 Å². The number of nitrogens with one attached hydrogen (secondary N) is 1. The molecular formula is C11H11ClFN3. The SMILES string of the molecule is NC(Cc1ncc[nH]1)c1c(F)cccc1Cl. The summed E-state index contributed by atoms with van der Waals surface area (Å²) >= 11 is 5.91. The number of benzene rings is 1. The second-order valence-electron chi connectivity index (χ2n) is 3.48. The minimum Gasteiger partial charge on any atom is -0.349 e. The minimum absolute atomic E-state index is 0.334. The summed E-state index contributed by atoms with van der Waals surface area (Å²) in [5, 5.41) is 0.346. The maximum atomic E-state index is 13.5. The van der Waals surface area contributed by atoms with Crippen molar-refractivity contribution in [3.63, 3.8) is 0 Å². The lowest BCUT2D eigenvalue weighted by Crippen LogP contribution is -2.16. The molecule has 0 aliphatic heterocycles. The number of rotatable bonds is 3. The standard InChI is InChI=1S/C11H11ClFN3/c12-7-2-1-3-8(13)11(7)9(14)6-10-15-4-5-16-10/h1-5,9H,6,14H2,(H,15,16). The molecule has 84 valence electrons. The van der Waals surface area contributed by atoms with Crippen LogP contribution in [0.1, 0.15) is 17.4 Å². The first kappa shape index (κ1) is 11.1. The van der Waals surface area contributed by atoms with Crippen LogP contribution in [0.5, 0.6) is 0 Å². The summed E-state index contributed by atoms with van der Waals surface area (Å²) in [5.41, 5.74) is 6.24. The molecule has 0 saturated carbocycles. The molecule has 1 heterocycles. The topological polar surface area (TPSA) is 54.7 Å². The van der Waals surface area contributed by atoms with Gasteiger partial charge in [0.2, 0.25) is 0 Å². The quantitative estimate of drug-likeness (QED) is 0.865. The van der Waals surface area contributed by atoms with Crippen LogP contribution in [-0.4, -0.2) is 9.97 Å². The molecule has 0 saturated heterocycles. The van der Waals surface area contributed by atoms with Crippen LogP contribution in [0.15, 0.2) is 30.6 Å². The monoisotopic (exact) mass is 239 g/mol. The highest BCUT2D eigenvalue weighted by Crippen LogP contribution is 2.25. The fourth-order valence-corrected chi connectivity index (χ4v) is 1.89. The molecule has 1 aromatic carbocycles. The largest absolute Gasteiger partial charge is 0.349 e. The van der Waals surface area contributed by atoms with E-state index in [1.807, 2.05) is 0 Å². The van der Waals surface area contributed by atoms with Crippen LogP contribution in [0.3, 0.4) is 0 Å². The normalized spacial score (nSPS) is 12.7. The third kappa shape index (κ3) is 2.23. The zero-order chi connectivity index (χ0) is 11.5. The van der Waals surface area contributed by atoms with Crippen LogP contribution in [-0.2, 0) is 6.42 Å². The smallest absolute Gasteiger partial charge is 0.129 e. The average molecular weight is 240 g/mol. The molecule has 0 fully saturated rings. The van der Waals surface area contributed by atoms with Crippen molar-refractivity contribution in [2.24, 2.45) is 5.73 Å². The van der Waals surface area contributed by atoms with E-state index in [0.29, 0.717) is 22.8 Å². The Morgan fingerprint density at radius 3 is 2.94 bits per heavy atom. The van der Waals surface area contributed by atoms with Gasteiger partial charge in [-0.25, -0.2) is 9.37 Å². The number of aromatic nitrogens is 2. The molecule has 0 amide bonds. The number of aromatic amines is 1. The zero-order valence-electron chi connectivity index (χ0n) is 8.45. The van der Waals surface area contributed by atoms with Crippen molar-refractivity contribution < 1.29 is 4.39 Å². The van der Waals surface area contributed by atoms with Crippen LogP contribution >= 0.6 is 11.6 Å². The molecule has 0 aliphatic carbocycles. The van der Waals surface area contributed by atoms with Gasteiger partial charge in [-0.05, 0) is 12.1 Å². The van der Waals surface area contributed by atoms with Gasteiger partial charge < -0.3 is 10.7 Å². The highest BCUT2D eigenvalue weighted by molar-refractivity contribution is 6.31. The fraction of sp³-hybridized carbons (Fsp3) is 0.182. The Morgan fingerprint density at radius 1 is 1.50 bits per heavy atom. The van der Waals surface area contributed by atoms with E-state index in [9.17, 15) is 4.39 Å². The maximum Gasteiger partial charge on any atom is 0.129 e. The Kier molecular flexibility index (Phi) is 3.22. The average Bonchev–Trinajstić information content (AvgIpc) is 2.70. The van der Waals surface area contributed by atoms with E-state index in [0.717, 1.165) is 0 Å². The van der Waals surface area contributed by atoms with Crippen molar-refractivity contribution in [3.05, 3.63) is 52.8 Å². The second-order valence-corrected chi connectivity index (χ2v) is 3.89. The molecule has 1 unspecified atom stereocenters. The van der Waals surface area contributed by atoms with Gasteiger partial charge in [0.1, 0.15) is 11.6 Å². The summed E-state index contributed by atoms with van der Waals surface area (Å²) < 4.78 is 13.5. The first-order valence-electron chi connectivity index (χ1n) is 4.86. The van der Waals surface area contributed by atoms with Gasteiger partial charge in [-0.15, -0.1) is 0 Å². The molecule has 0 bridgehead atoms. The molecule has 0 radical (unpaired) electrons. The minimum atomic E-state index is -0.500. The fourth-order valence-electron chi connectivity index (χ4n) is 1.58. The van der Waals surface area contributed by atoms with Crippen molar-refractivity contribution in [2.75, 3.05) is 0 Å². The van der Waals surface area contributed by atoms with Gasteiger partial charge in [0.05, 0.1) is 0 Å². The maximum absolute atomic E-state index is 13.5. The highest BCUT2D eigenvalue weighted by Gasteiger charge is 2.16. The predicted octanol–water partition coefficient (Wildman–Crippen LogP) is 2.44. The van der Waals surface area contributed by atoms with E-state index < -0.39 is 6.04 Å².